The highest BCUT2D eigenvalue weighted by molar-refractivity contribution is 5.94. The standard InChI is InChI=1S/C16H24N2O2/c1-4-17(2)14-9-7-13(8-10-14)16(20)18(3)11-15(19)12-5-6-12/h7-10,12,15,19H,4-6,11H2,1-3H3. The van der Waals surface area contributed by atoms with Crippen molar-refractivity contribution in [2.24, 2.45) is 5.92 Å². The summed E-state index contributed by atoms with van der Waals surface area (Å²) in [6, 6.07) is 7.62. The Morgan fingerprint density at radius 3 is 2.40 bits per heavy atom. The lowest BCUT2D eigenvalue weighted by Crippen LogP contribution is -2.35. The number of carbonyl (C=O) groups is 1. The van der Waals surface area contributed by atoms with Gasteiger partial charge in [-0.15, -0.1) is 0 Å². The summed E-state index contributed by atoms with van der Waals surface area (Å²) in [5.41, 5.74) is 1.77. The van der Waals surface area contributed by atoms with Crippen LogP contribution < -0.4 is 4.90 Å². The zero-order valence-electron chi connectivity index (χ0n) is 12.5. The Bertz CT molecular complexity index is 454. The highest BCUT2D eigenvalue weighted by Gasteiger charge is 2.31. The number of aliphatic hydroxyl groups is 1. The summed E-state index contributed by atoms with van der Waals surface area (Å²) in [5.74, 6) is 0.362. The molecule has 1 aromatic rings. The monoisotopic (exact) mass is 276 g/mol. The molecule has 2 rings (SSSR count). The number of benzene rings is 1. The molecule has 0 aromatic heterocycles. The van der Waals surface area contributed by atoms with Gasteiger partial charge in [0.25, 0.3) is 5.91 Å². The first kappa shape index (κ1) is 14.9. The van der Waals surface area contributed by atoms with E-state index in [1.807, 2.05) is 31.3 Å². The summed E-state index contributed by atoms with van der Waals surface area (Å²) >= 11 is 0. The summed E-state index contributed by atoms with van der Waals surface area (Å²) in [4.78, 5) is 16.0. The number of aliphatic hydroxyl groups excluding tert-OH is 1. The number of carbonyl (C=O) groups excluding carboxylic acids is 1. The Kier molecular flexibility index (Phi) is 4.65. The van der Waals surface area contributed by atoms with Crippen LogP contribution in [0, 0.1) is 5.92 Å². The normalized spacial score (nSPS) is 15.8. The number of likely N-dealkylation sites (N-methyl/N-ethyl adjacent to an activating group) is 1. The fraction of sp³-hybridized carbons (Fsp3) is 0.562. The van der Waals surface area contributed by atoms with Crippen LogP contribution in [0.3, 0.4) is 0 Å². The molecular formula is C16H24N2O2. The Balaban J connectivity index is 1.97. The van der Waals surface area contributed by atoms with E-state index in [1.54, 1.807) is 11.9 Å². The first-order chi connectivity index (χ1) is 9.52. The van der Waals surface area contributed by atoms with E-state index in [9.17, 15) is 9.90 Å². The predicted molar refractivity (Wildman–Crippen MR) is 81.1 cm³/mol. The number of nitrogens with zero attached hydrogens (tertiary/aromatic N) is 2. The number of rotatable bonds is 6. The molecule has 1 amide bonds. The van der Waals surface area contributed by atoms with Crippen LogP contribution in [0.2, 0.25) is 0 Å². The van der Waals surface area contributed by atoms with Crippen molar-refractivity contribution in [3.8, 4) is 0 Å². The molecule has 0 radical (unpaired) electrons. The number of hydrogen-bond donors (Lipinski definition) is 1. The zero-order valence-corrected chi connectivity index (χ0v) is 12.5. The molecule has 0 saturated heterocycles. The van der Waals surface area contributed by atoms with Gasteiger partial charge in [0.15, 0.2) is 0 Å². The second kappa shape index (κ2) is 6.27. The smallest absolute Gasteiger partial charge is 0.253 e. The van der Waals surface area contributed by atoms with Crippen LogP contribution in [0.15, 0.2) is 24.3 Å². The number of anilines is 1. The Morgan fingerprint density at radius 2 is 1.90 bits per heavy atom. The van der Waals surface area contributed by atoms with Crippen molar-refractivity contribution >= 4 is 11.6 Å². The molecule has 0 spiro atoms. The average Bonchev–Trinajstić information content (AvgIpc) is 3.30. The maximum Gasteiger partial charge on any atom is 0.253 e. The van der Waals surface area contributed by atoms with Gasteiger partial charge in [-0.2, -0.15) is 0 Å². The minimum Gasteiger partial charge on any atom is -0.391 e. The van der Waals surface area contributed by atoms with E-state index < -0.39 is 0 Å². The highest BCUT2D eigenvalue weighted by Crippen LogP contribution is 2.32. The topological polar surface area (TPSA) is 43.8 Å². The van der Waals surface area contributed by atoms with E-state index in [0.717, 1.165) is 25.1 Å². The maximum atomic E-state index is 12.3. The molecule has 20 heavy (non-hydrogen) atoms. The molecule has 1 saturated carbocycles. The second-order valence-electron chi connectivity index (χ2n) is 5.65. The van der Waals surface area contributed by atoms with E-state index in [4.69, 9.17) is 0 Å². The third kappa shape index (κ3) is 3.51. The van der Waals surface area contributed by atoms with Crippen molar-refractivity contribution in [1.82, 2.24) is 4.90 Å². The van der Waals surface area contributed by atoms with Crippen LogP contribution in [0.5, 0.6) is 0 Å². The summed E-state index contributed by atoms with van der Waals surface area (Å²) < 4.78 is 0. The maximum absolute atomic E-state index is 12.3. The zero-order chi connectivity index (χ0) is 14.7. The largest absolute Gasteiger partial charge is 0.391 e. The molecule has 1 unspecified atom stereocenters. The SMILES string of the molecule is CCN(C)c1ccc(C(=O)N(C)CC(O)C2CC2)cc1. The average molecular weight is 276 g/mol. The van der Waals surface area contributed by atoms with E-state index >= 15 is 0 Å². The molecule has 1 aromatic carbocycles. The van der Waals surface area contributed by atoms with Crippen molar-refractivity contribution in [1.29, 1.82) is 0 Å². The molecule has 4 heteroatoms. The Hall–Kier alpha value is -1.55. The van der Waals surface area contributed by atoms with Crippen LogP contribution in [-0.4, -0.2) is 49.2 Å². The molecule has 0 bridgehead atoms. The molecular weight excluding hydrogens is 252 g/mol. The van der Waals surface area contributed by atoms with E-state index in [2.05, 4.69) is 11.8 Å². The lowest BCUT2D eigenvalue weighted by molar-refractivity contribution is 0.0645. The lowest BCUT2D eigenvalue weighted by atomic mass is 10.1. The van der Waals surface area contributed by atoms with Crippen LogP contribution >= 0.6 is 0 Å². The van der Waals surface area contributed by atoms with E-state index in [1.165, 1.54) is 0 Å². The number of amides is 1. The van der Waals surface area contributed by atoms with Crippen molar-refractivity contribution in [3.63, 3.8) is 0 Å². The van der Waals surface area contributed by atoms with Crippen molar-refractivity contribution in [2.75, 3.05) is 32.1 Å². The molecule has 1 aliphatic rings. The lowest BCUT2D eigenvalue weighted by Gasteiger charge is -2.21. The summed E-state index contributed by atoms with van der Waals surface area (Å²) in [7, 11) is 3.77. The molecule has 0 aliphatic heterocycles. The number of hydrogen-bond acceptors (Lipinski definition) is 3. The van der Waals surface area contributed by atoms with Gasteiger partial charge in [-0.25, -0.2) is 0 Å². The Labute approximate surface area is 121 Å². The molecule has 1 aliphatic carbocycles. The fourth-order valence-electron chi connectivity index (χ4n) is 2.26. The van der Waals surface area contributed by atoms with Crippen LogP contribution in [0.1, 0.15) is 30.1 Å². The van der Waals surface area contributed by atoms with Crippen LogP contribution in [0.25, 0.3) is 0 Å². The predicted octanol–water partition coefficient (Wildman–Crippen LogP) is 1.99. The van der Waals surface area contributed by atoms with Gasteiger partial charge in [-0.1, -0.05) is 0 Å². The minimum absolute atomic E-state index is 0.0320. The quantitative estimate of drug-likeness (QED) is 0.864. The highest BCUT2D eigenvalue weighted by atomic mass is 16.3. The van der Waals surface area contributed by atoms with Gasteiger partial charge in [-0.05, 0) is 49.9 Å². The minimum atomic E-state index is -0.380. The summed E-state index contributed by atoms with van der Waals surface area (Å²) in [5, 5.41) is 9.90. The van der Waals surface area contributed by atoms with Gasteiger partial charge >= 0.3 is 0 Å². The molecule has 110 valence electrons. The van der Waals surface area contributed by atoms with Gasteiger partial charge in [0.1, 0.15) is 0 Å². The van der Waals surface area contributed by atoms with Crippen molar-refractivity contribution in [2.45, 2.75) is 25.9 Å². The third-order valence-corrected chi connectivity index (χ3v) is 4.00. The van der Waals surface area contributed by atoms with Gasteiger partial charge in [0.05, 0.1) is 6.10 Å². The van der Waals surface area contributed by atoms with E-state index in [-0.39, 0.29) is 12.0 Å². The van der Waals surface area contributed by atoms with Crippen molar-refractivity contribution < 1.29 is 9.90 Å². The third-order valence-electron chi connectivity index (χ3n) is 4.00. The first-order valence-corrected chi connectivity index (χ1v) is 7.27. The van der Waals surface area contributed by atoms with Gasteiger partial charge in [0.2, 0.25) is 0 Å². The van der Waals surface area contributed by atoms with Crippen LogP contribution in [0.4, 0.5) is 5.69 Å². The molecule has 1 atom stereocenters. The fourth-order valence-corrected chi connectivity index (χ4v) is 2.26. The summed E-state index contributed by atoms with van der Waals surface area (Å²) in [6.45, 7) is 3.44. The van der Waals surface area contributed by atoms with E-state index in [0.29, 0.717) is 18.0 Å². The molecule has 1 N–H and O–H groups in total. The first-order valence-electron chi connectivity index (χ1n) is 7.27. The summed E-state index contributed by atoms with van der Waals surface area (Å²) in [6.07, 6.45) is 1.79. The van der Waals surface area contributed by atoms with Gasteiger partial charge in [-0.3, -0.25) is 4.79 Å². The van der Waals surface area contributed by atoms with Crippen LogP contribution in [-0.2, 0) is 0 Å². The molecule has 4 nitrogen and oxygen atoms in total. The molecule has 0 heterocycles. The van der Waals surface area contributed by atoms with Gasteiger partial charge < -0.3 is 14.9 Å². The second-order valence-corrected chi connectivity index (χ2v) is 5.65. The Morgan fingerprint density at radius 1 is 1.30 bits per heavy atom. The van der Waals surface area contributed by atoms with Crippen molar-refractivity contribution in [3.05, 3.63) is 29.8 Å². The van der Waals surface area contributed by atoms with Gasteiger partial charge in [0, 0.05) is 38.4 Å². The molecule has 1 fully saturated rings.